The number of allylic oxidation sites excluding steroid dienone is 2. The van der Waals surface area contributed by atoms with Crippen molar-refractivity contribution in [1.29, 1.82) is 0 Å². The molecule has 0 amide bonds. The highest BCUT2D eigenvalue weighted by molar-refractivity contribution is 4.81. The molecule has 0 aliphatic rings. The van der Waals surface area contributed by atoms with Gasteiger partial charge in [0.1, 0.15) is 0 Å². The fourth-order valence-corrected chi connectivity index (χ4v) is 4.29. The molecule has 0 saturated heterocycles. The van der Waals surface area contributed by atoms with Crippen LogP contribution >= 0.6 is 0 Å². The Morgan fingerprint density at radius 3 is 1.24 bits per heavy atom. The lowest BCUT2D eigenvalue weighted by molar-refractivity contribution is -0.150. The van der Waals surface area contributed by atoms with Gasteiger partial charge in [0, 0.05) is 19.8 Å². The number of hydrogen-bond acceptors (Lipinski definition) is 3. The van der Waals surface area contributed by atoms with Gasteiger partial charge in [0.2, 0.25) is 0 Å². The van der Waals surface area contributed by atoms with Crippen molar-refractivity contribution in [3.8, 4) is 0 Å². The number of ether oxygens (including phenoxy) is 2. The normalized spacial score (nSPS) is 12.9. The molecule has 0 radical (unpaired) electrons. The first-order chi connectivity index (χ1) is 16.7. The van der Waals surface area contributed by atoms with Gasteiger partial charge in [-0.15, -0.1) is 0 Å². The van der Waals surface area contributed by atoms with Crippen LogP contribution in [0.25, 0.3) is 0 Å². The third-order valence-electron chi connectivity index (χ3n) is 6.53. The number of rotatable bonds is 28. The van der Waals surface area contributed by atoms with E-state index in [4.69, 9.17) is 9.47 Å². The molecule has 1 unspecified atom stereocenters. The Kier molecular flexibility index (Phi) is 28.5. The third-order valence-corrected chi connectivity index (χ3v) is 6.53. The summed E-state index contributed by atoms with van der Waals surface area (Å²) in [7, 11) is 4.19. The van der Waals surface area contributed by atoms with Crippen LogP contribution in [0, 0.1) is 0 Å². The van der Waals surface area contributed by atoms with E-state index < -0.39 is 0 Å². The molecule has 204 valence electrons. The topological polar surface area (TPSA) is 21.7 Å². The molecule has 1 atom stereocenters. The van der Waals surface area contributed by atoms with Crippen molar-refractivity contribution in [3.63, 3.8) is 0 Å². The van der Waals surface area contributed by atoms with E-state index in [9.17, 15) is 0 Å². The van der Waals surface area contributed by atoms with Gasteiger partial charge in [-0.1, -0.05) is 122 Å². The molecule has 0 spiro atoms. The van der Waals surface area contributed by atoms with Crippen molar-refractivity contribution >= 4 is 0 Å². The molecule has 0 aromatic carbocycles. The maximum absolute atomic E-state index is 6.06. The van der Waals surface area contributed by atoms with Crippen molar-refractivity contribution in [2.75, 3.05) is 33.9 Å². The first-order valence-corrected chi connectivity index (χ1v) is 15.2. The van der Waals surface area contributed by atoms with Crippen molar-refractivity contribution in [3.05, 3.63) is 12.2 Å². The van der Waals surface area contributed by atoms with Crippen molar-refractivity contribution < 1.29 is 9.47 Å². The highest BCUT2D eigenvalue weighted by Gasteiger charge is 2.10. The fraction of sp³-hybridized carbons (Fsp3) is 0.935. The van der Waals surface area contributed by atoms with Gasteiger partial charge >= 0.3 is 0 Å². The van der Waals surface area contributed by atoms with Gasteiger partial charge in [-0.2, -0.15) is 0 Å². The SMILES string of the molecule is CCCCCCCCC=CCCCCCCCCOC(CN(C)C)OCCCCCCCCC. The average molecular weight is 482 g/mol. The lowest BCUT2D eigenvalue weighted by Crippen LogP contribution is -2.31. The third kappa shape index (κ3) is 27.9. The molecule has 0 bridgehead atoms. The second kappa shape index (κ2) is 28.9. The van der Waals surface area contributed by atoms with Crippen LogP contribution in [0.5, 0.6) is 0 Å². The van der Waals surface area contributed by atoms with Gasteiger partial charge in [0.05, 0.1) is 0 Å². The van der Waals surface area contributed by atoms with Crippen LogP contribution in [0.2, 0.25) is 0 Å². The Labute approximate surface area is 215 Å². The maximum atomic E-state index is 6.06. The number of hydrogen-bond donors (Lipinski definition) is 0. The smallest absolute Gasteiger partial charge is 0.170 e. The molecule has 0 N–H and O–H groups in total. The molecule has 0 rings (SSSR count). The molecular weight excluding hydrogens is 418 g/mol. The van der Waals surface area contributed by atoms with Gasteiger partial charge in [0.15, 0.2) is 6.29 Å². The molecule has 0 aliphatic heterocycles. The van der Waals surface area contributed by atoms with Crippen LogP contribution in [0.1, 0.15) is 149 Å². The minimum atomic E-state index is -0.0711. The van der Waals surface area contributed by atoms with Crippen LogP contribution in [-0.4, -0.2) is 45.0 Å². The minimum absolute atomic E-state index is 0.0711. The molecule has 3 nitrogen and oxygen atoms in total. The lowest BCUT2D eigenvalue weighted by atomic mass is 10.1. The van der Waals surface area contributed by atoms with Gasteiger partial charge in [0.25, 0.3) is 0 Å². The van der Waals surface area contributed by atoms with E-state index in [2.05, 4.69) is 45.0 Å². The summed E-state index contributed by atoms with van der Waals surface area (Å²) in [6.45, 7) is 7.07. The molecule has 34 heavy (non-hydrogen) atoms. The van der Waals surface area contributed by atoms with Gasteiger partial charge in [-0.05, 0) is 52.6 Å². The fourth-order valence-electron chi connectivity index (χ4n) is 4.29. The van der Waals surface area contributed by atoms with Crippen LogP contribution < -0.4 is 0 Å². The number of nitrogens with zero attached hydrogens (tertiary/aromatic N) is 1. The summed E-state index contributed by atoms with van der Waals surface area (Å²) in [5.74, 6) is 0. The van der Waals surface area contributed by atoms with E-state index in [0.29, 0.717) is 0 Å². The minimum Gasteiger partial charge on any atom is -0.351 e. The zero-order valence-corrected chi connectivity index (χ0v) is 24.0. The molecule has 0 fully saturated rings. The second-order valence-corrected chi connectivity index (χ2v) is 10.5. The summed E-state index contributed by atoms with van der Waals surface area (Å²) < 4.78 is 12.1. The lowest BCUT2D eigenvalue weighted by Gasteiger charge is -2.22. The number of likely N-dealkylation sites (N-methyl/N-ethyl adjacent to an activating group) is 1. The summed E-state index contributed by atoms with van der Waals surface area (Å²) in [4.78, 5) is 2.16. The Bertz CT molecular complexity index is 397. The largest absolute Gasteiger partial charge is 0.351 e. The quantitative estimate of drug-likeness (QED) is 0.0630. The Hall–Kier alpha value is -0.380. The van der Waals surface area contributed by atoms with Crippen LogP contribution in [0.3, 0.4) is 0 Å². The molecule has 0 saturated carbocycles. The van der Waals surface area contributed by atoms with Crippen molar-refractivity contribution in [2.24, 2.45) is 0 Å². The predicted octanol–water partition coefficient (Wildman–Crippen LogP) is 9.70. The highest BCUT2D eigenvalue weighted by atomic mass is 16.7. The monoisotopic (exact) mass is 481 g/mol. The molecular formula is C31H63NO2. The number of unbranched alkanes of at least 4 members (excludes halogenated alkanes) is 18. The molecule has 0 heterocycles. The van der Waals surface area contributed by atoms with Crippen molar-refractivity contribution in [1.82, 2.24) is 4.90 Å². The van der Waals surface area contributed by atoms with E-state index in [1.807, 2.05) is 0 Å². The summed E-state index contributed by atoms with van der Waals surface area (Å²) in [5, 5.41) is 0. The van der Waals surface area contributed by atoms with Gasteiger partial charge < -0.3 is 14.4 Å². The standard InChI is InChI=1S/C31H63NO2/c1-5-7-9-11-13-14-15-16-17-18-19-20-21-23-25-27-29-34-31(30-32(3)4)33-28-26-24-22-12-10-8-6-2/h16-17,31H,5-15,18-30H2,1-4H3. The second-order valence-electron chi connectivity index (χ2n) is 10.5. The summed E-state index contributed by atoms with van der Waals surface area (Å²) >= 11 is 0. The van der Waals surface area contributed by atoms with E-state index in [1.54, 1.807) is 0 Å². The van der Waals surface area contributed by atoms with Gasteiger partial charge in [-0.3, -0.25) is 0 Å². The van der Waals surface area contributed by atoms with E-state index in [1.165, 1.54) is 122 Å². The van der Waals surface area contributed by atoms with Crippen molar-refractivity contribution in [2.45, 2.75) is 155 Å². The molecule has 0 aromatic rings. The predicted molar refractivity (Wildman–Crippen MR) is 152 cm³/mol. The molecule has 0 aliphatic carbocycles. The maximum Gasteiger partial charge on any atom is 0.170 e. The van der Waals surface area contributed by atoms with Gasteiger partial charge in [-0.25, -0.2) is 0 Å². The molecule has 3 heteroatoms. The van der Waals surface area contributed by atoms with Crippen LogP contribution in [-0.2, 0) is 9.47 Å². The van der Waals surface area contributed by atoms with E-state index >= 15 is 0 Å². The van der Waals surface area contributed by atoms with E-state index in [0.717, 1.165) is 32.6 Å². The Morgan fingerprint density at radius 2 is 0.853 bits per heavy atom. The summed E-state index contributed by atoms with van der Waals surface area (Å²) in [6.07, 6.45) is 32.8. The zero-order valence-electron chi connectivity index (χ0n) is 24.0. The van der Waals surface area contributed by atoms with Crippen LogP contribution in [0.15, 0.2) is 12.2 Å². The first kappa shape index (κ1) is 33.6. The first-order valence-electron chi connectivity index (χ1n) is 15.2. The van der Waals surface area contributed by atoms with Crippen LogP contribution in [0.4, 0.5) is 0 Å². The Morgan fingerprint density at radius 1 is 0.500 bits per heavy atom. The highest BCUT2D eigenvalue weighted by Crippen LogP contribution is 2.11. The van der Waals surface area contributed by atoms with E-state index in [-0.39, 0.29) is 6.29 Å². The molecule has 0 aromatic heterocycles. The summed E-state index contributed by atoms with van der Waals surface area (Å²) in [6, 6.07) is 0. The zero-order chi connectivity index (χ0) is 25.0. The summed E-state index contributed by atoms with van der Waals surface area (Å²) in [5.41, 5.74) is 0. The average Bonchev–Trinajstić information content (AvgIpc) is 2.82. The Balaban J connectivity index is 3.50.